The number of unbranched alkanes of at least 4 members (excludes halogenated alkanes) is 1. The zero-order valence-electron chi connectivity index (χ0n) is 12.6. The molecule has 2 heteroatoms. The minimum atomic E-state index is 0.241. The third-order valence-corrected chi connectivity index (χ3v) is 3.26. The normalized spacial score (nSPS) is 13.2. The molecule has 0 aromatic rings. The van der Waals surface area contributed by atoms with Gasteiger partial charge in [0.2, 0.25) is 5.91 Å². The maximum absolute atomic E-state index is 12.5. The van der Waals surface area contributed by atoms with Crippen LogP contribution in [0.4, 0.5) is 0 Å². The van der Waals surface area contributed by atoms with Crippen LogP contribution in [0.25, 0.3) is 0 Å². The molecule has 1 atom stereocenters. The predicted octanol–water partition coefficient (Wildman–Crippen LogP) is 4.24. The molecule has 0 N–H and O–H groups in total. The third-order valence-electron chi connectivity index (χ3n) is 3.26. The molecular weight excluding hydrogens is 210 g/mol. The number of hydrogen-bond donors (Lipinski definition) is 0. The first-order chi connectivity index (χ1) is 7.95. The Morgan fingerprint density at radius 2 is 1.47 bits per heavy atom. The van der Waals surface area contributed by atoms with Crippen molar-refractivity contribution in [3.05, 3.63) is 0 Å². The Morgan fingerprint density at radius 1 is 0.941 bits per heavy atom. The van der Waals surface area contributed by atoms with E-state index in [9.17, 15) is 4.79 Å². The van der Waals surface area contributed by atoms with Gasteiger partial charge in [0, 0.05) is 18.0 Å². The molecule has 0 rings (SSSR count). The van der Waals surface area contributed by atoms with Gasteiger partial charge in [-0.3, -0.25) is 4.79 Å². The molecule has 0 spiro atoms. The molecule has 0 aliphatic carbocycles. The first-order valence-corrected chi connectivity index (χ1v) is 7.27. The molecule has 0 bridgehead atoms. The Balaban J connectivity index is 4.65. The monoisotopic (exact) mass is 241 g/mol. The van der Waals surface area contributed by atoms with Crippen molar-refractivity contribution < 1.29 is 4.79 Å². The molecule has 0 fully saturated rings. The van der Waals surface area contributed by atoms with Crippen LogP contribution < -0.4 is 0 Å². The van der Waals surface area contributed by atoms with Crippen LogP contribution in [-0.4, -0.2) is 22.9 Å². The summed E-state index contributed by atoms with van der Waals surface area (Å²) in [5.41, 5.74) is 0. The Labute approximate surface area is 108 Å². The van der Waals surface area contributed by atoms with Crippen molar-refractivity contribution in [1.82, 2.24) is 4.90 Å². The molecule has 0 saturated carbocycles. The first kappa shape index (κ1) is 16.5. The highest BCUT2D eigenvalue weighted by atomic mass is 16.2. The van der Waals surface area contributed by atoms with E-state index in [4.69, 9.17) is 0 Å². The second-order valence-electron chi connectivity index (χ2n) is 5.56. The molecule has 0 aromatic carbocycles. The molecule has 2 nitrogen and oxygen atoms in total. The van der Waals surface area contributed by atoms with Gasteiger partial charge in [0.1, 0.15) is 0 Å². The van der Waals surface area contributed by atoms with Gasteiger partial charge in [0.05, 0.1) is 0 Å². The maximum Gasteiger partial charge on any atom is 0.226 e. The van der Waals surface area contributed by atoms with Crippen molar-refractivity contribution in [2.75, 3.05) is 0 Å². The fraction of sp³-hybridized carbons (Fsp3) is 0.933. The number of rotatable bonds is 8. The largest absolute Gasteiger partial charge is 0.338 e. The fourth-order valence-electron chi connectivity index (χ4n) is 2.51. The molecule has 1 amide bonds. The summed E-state index contributed by atoms with van der Waals surface area (Å²) in [6.07, 6.45) is 5.54. The molecule has 0 aromatic heterocycles. The van der Waals surface area contributed by atoms with Crippen LogP contribution in [0.2, 0.25) is 0 Å². The Morgan fingerprint density at radius 3 is 1.82 bits per heavy atom. The predicted molar refractivity (Wildman–Crippen MR) is 75.0 cm³/mol. The Hall–Kier alpha value is -0.530. The van der Waals surface area contributed by atoms with Crippen molar-refractivity contribution >= 4 is 5.91 Å². The first-order valence-electron chi connectivity index (χ1n) is 7.27. The van der Waals surface area contributed by atoms with Crippen LogP contribution in [-0.2, 0) is 4.79 Å². The lowest BCUT2D eigenvalue weighted by atomic mass is 9.94. The van der Waals surface area contributed by atoms with Gasteiger partial charge in [0.15, 0.2) is 0 Å². The summed E-state index contributed by atoms with van der Waals surface area (Å²) < 4.78 is 0. The van der Waals surface area contributed by atoms with Crippen LogP contribution in [0.1, 0.15) is 73.6 Å². The Bertz CT molecular complexity index is 203. The highest BCUT2D eigenvalue weighted by Gasteiger charge is 2.26. The van der Waals surface area contributed by atoms with Gasteiger partial charge in [-0.05, 0) is 40.5 Å². The third kappa shape index (κ3) is 5.56. The average molecular weight is 241 g/mol. The minimum absolute atomic E-state index is 0.241. The summed E-state index contributed by atoms with van der Waals surface area (Å²) >= 11 is 0. The standard InChI is InChI=1S/C15H31NO/c1-7-9-11-14(10-8-2)15(17)16(12(3)4)13(5)6/h12-14H,7-11H2,1-6H3. The van der Waals surface area contributed by atoms with E-state index >= 15 is 0 Å². The summed E-state index contributed by atoms with van der Waals surface area (Å²) in [6, 6.07) is 0.618. The zero-order chi connectivity index (χ0) is 13.4. The van der Waals surface area contributed by atoms with Gasteiger partial charge in [-0.1, -0.05) is 33.1 Å². The van der Waals surface area contributed by atoms with E-state index in [-0.39, 0.29) is 5.92 Å². The van der Waals surface area contributed by atoms with Crippen LogP contribution in [0, 0.1) is 5.92 Å². The highest BCUT2D eigenvalue weighted by molar-refractivity contribution is 5.79. The minimum Gasteiger partial charge on any atom is -0.338 e. The molecule has 102 valence electrons. The fourth-order valence-corrected chi connectivity index (χ4v) is 2.51. The van der Waals surface area contributed by atoms with Crippen molar-refractivity contribution in [2.45, 2.75) is 85.7 Å². The number of hydrogen-bond acceptors (Lipinski definition) is 1. The van der Waals surface area contributed by atoms with E-state index in [0.29, 0.717) is 18.0 Å². The van der Waals surface area contributed by atoms with E-state index < -0.39 is 0 Å². The second-order valence-corrected chi connectivity index (χ2v) is 5.56. The molecule has 0 radical (unpaired) electrons. The summed E-state index contributed by atoms with van der Waals surface area (Å²) in [5, 5.41) is 0. The molecule has 17 heavy (non-hydrogen) atoms. The number of carbonyl (C=O) groups is 1. The molecule has 0 saturated heterocycles. The van der Waals surface area contributed by atoms with Gasteiger partial charge in [-0.25, -0.2) is 0 Å². The summed E-state index contributed by atoms with van der Waals surface area (Å²) in [4.78, 5) is 14.6. The van der Waals surface area contributed by atoms with Crippen molar-refractivity contribution in [3.63, 3.8) is 0 Å². The topological polar surface area (TPSA) is 20.3 Å². The molecular formula is C15H31NO. The van der Waals surface area contributed by atoms with Gasteiger partial charge in [-0.2, -0.15) is 0 Å². The van der Waals surface area contributed by atoms with Crippen molar-refractivity contribution in [1.29, 1.82) is 0 Å². The van der Waals surface area contributed by atoms with Gasteiger partial charge >= 0.3 is 0 Å². The van der Waals surface area contributed by atoms with Crippen molar-refractivity contribution in [3.8, 4) is 0 Å². The lowest BCUT2D eigenvalue weighted by molar-refractivity contribution is -0.139. The number of amides is 1. The quantitative estimate of drug-likeness (QED) is 0.622. The molecule has 0 aliphatic rings. The molecule has 0 aliphatic heterocycles. The van der Waals surface area contributed by atoms with Crippen LogP contribution in [0.15, 0.2) is 0 Å². The summed E-state index contributed by atoms with van der Waals surface area (Å²) in [7, 11) is 0. The SMILES string of the molecule is CCCCC(CCC)C(=O)N(C(C)C)C(C)C. The van der Waals surface area contributed by atoms with Crippen LogP contribution >= 0.6 is 0 Å². The summed E-state index contributed by atoms with van der Waals surface area (Å²) in [6.45, 7) is 12.8. The smallest absolute Gasteiger partial charge is 0.226 e. The van der Waals surface area contributed by atoms with Gasteiger partial charge < -0.3 is 4.90 Å². The number of carbonyl (C=O) groups excluding carboxylic acids is 1. The summed E-state index contributed by atoms with van der Waals surface area (Å²) in [5.74, 6) is 0.607. The van der Waals surface area contributed by atoms with E-state index in [0.717, 1.165) is 19.3 Å². The molecule has 0 heterocycles. The molecule has 1 unspecified atom stereocenters. The number of nitrogens with zero attached hydrogens (tertiary/aromatic N) is 1. The van der Waals surface area contributed by atoms with Gasteiger partial charge in [-0.15, -0.1) is 0 Å². The highest BCUT2D eigenvalue weighted by Crippen LogP contribution is 2.20. The lowest BCUT2D eigenvalue weighted by Gasteiger charge is -2.34. The second kappa shape index (κ2) is 8.54. The van der Waals surface area contributed by atoms with Crippen LogP contribution in [0.3, 0.4) is 0 Å². The lowest BCUT2D eigenvalue weighted by Crippen LogP contribution is -2.45. The van der Waals surface area contributed by atoms with E-state index in [2.05, 4.69) is 46.4 Å². The zero-order valence-corrected chi connectivity index (χ0v) is 12.6. The van der Waals surface area contributed by atoms with Crippen molar-refractivity contribution in [2.24, 2.45) is 5.92 Å². The maximum atomic E-state index is 12.5. The average Bonchev–Trinajstić information content (AvgIpc) is 2.22. The van der Waals surface area contributed by atoms with E-state index in [1.54, 1.807) is 0 Å². The van der Waals surface area contributed by atoms with E-state index in [1.165, 1.54) is 12.8 Å². The van der Waals surface area contributed by atoms with Gasteiger partial charge in [0.25, 0.3) is 0 Å². The Kier molecular flexibility index (Phi) is 8.28. The van der Waals surface area contributed by atoms with E-state index in [1.807, 2.05) is 0 Å². The van der Waals surface area contributed by atoms with Crippen LogP contribution in [0.5, 0.6) is 0 Å².